The average molecular weight is 382 g/mol. The second-order valence-electron chi connectivity index (χ2n) is 7.43. The van der Waals surface area contributed by atoms with E-state index in [1.54, 1.807) is 24.9 Å². The normalized spacial score (nSPS) is 11.5. The summed E-state index contributed by atoms with van der Waals surface area (Å²) < 4.78 is 0. The van der Waals surface area contributed by atoms with E-state index in [1.165, 1.54) is 107 Å². The summed E-state index contributed by atoms with van der Waals surface area (Å²) in [7, 11) is 2.64. The molecule has 0 aromatic carbocycles. The molecule has 0 spiro atoms. The molecule has 0 aromatic heterocycles. The first kappa shape index (κ1) is 24.7. The summed E-state index contributed by atoms with van der Waals surface area (Å²) in [4.78, 5) is 0. The minimum atomic E-state index is 0.0426. The van der Waals surface area contributed by atoms with Crippen LogP contribution in [-0.2, 0) is 0 Å². The van der Waals surface area contributed by atoms with E-state index < -0.39 is 0 Å². The topological polar surface area (TPSA) is 0 Å². The van der Waals surface area contributed by atoms with Gasteiger partial charge < -0.3 is 0 Å². The van der Waals surface area contributed by atoms with Crippen molar-refractivity contribution in [1.82, 2.24) is 0 Å². The minimum absolute atomic E-state index is 0.0426. The standard InChI is InChI=1S/C21H45Si3/c1-4-6-8-10-12-14-16-18-20-24(23-22-3)21-19-17-15-13-11-9-7-5-2/h4-21H2,1-3H3. The molecule has 24 heavy (non-hydrogen) atoms. The van der Waals surface area contributed by atoms with Crippen molar-refractivity contribution in [2.24, 2.45) is 0 Å². The zero-order valence-corrected chi connectivity index (χ0v) is 20.2. The fraction of sp³-hybridized carbons (Fsp3) is 1.00. The molecule has 0 nitrogen and oxygen atoms in total. The Bertz CT molecular complexity index is 201. The molecular formula is C21H45Si3. The number of hydrogen-bond donors (Lipinski definition) is 0. The Morgan fingerprint density at radius 3 is 1.17 bits per heavy atom. The van der Waals surface area contributed by atoms with Crippen LogP contribution in [0.4, 0.5) is 0 Å². The molecule has 0 atom stereocenters. The van der Waals surface area contributed by atoms with Gasteiger partial charge in [-0.05, 0) is 0 Å². The van der Waals surface area contributed by atoms with Gasteiger partial charge in [-0.25, -0.2) is 0 Å². The quantitative estimate of drug-likeness (QED) is 0.150. The van der Waals surface area contributed by atoms with Gasteiger partial charge in [0.15, 0.2) is 0 Å². The van der Waals surface area contributed by atoms with Crippen LogP contribution in [0.15, 0.2) is 0 Å². The van der Waals surface area contributed by atoms with Gasteiger partial charge in [0.05, 0.1) is 0 Å². The summed E-state index contributed by atoms with van der Waals surface area (Å²) in [5.41, 5.74) is 0. The summed E-state index contributed by atoms with van der Waals surface area (Å²) in [6.45, 7) is 7.06. The van der Waals surface area contributed by atoms with Crippen molar-refractivity contribution < 1.29 is 0 Å². The first-order valence-electron chi connectivity index (χ1n) is 11.1. The van der Waals surface area contributed by atoms with E-state index in [4.69, 9.17) is 0 Å². The fourth-order valence-electron chi connectivity index (χ4n) is 3.37. The lowest BCUT2D eigenvalue weighted by Crippen LogP contribution is -2.25. The van der Waals surface area contributed by atoms with E-state index in [1.807, 2.05) is 0 Å². The third kappa shape index (κ3) is 19.0. The molecule has 0 unspecified atom stereocenters. The molecular weight excluding hydrogens is 336 g/mol. The molecule has 0 aliphatic heterocycles. The van der Waals surface area contributed by atoms with Crippen molar-refractivity contribution in [2.45, 2.75) is 135 Å². The van der Waals surface area contributed by atoms with Gasteiger partial charge in [-0.2, -0.15) is 0 Å². The smallest absolute Gasteiger partial charge is 0.0306 e. The SMILES string of the molecule is CCCCCCCCCC[Si](CCCCCCCCCC)[Si][Si]C. The second kappa shape index (κ2) is 21.7. The van der Waals surface area contributed by atoms with Crippen LogP contribution >= 0.6 is 0 Å². The van der Waals surface area contributed by atoms with Crippen molar-refractivity contribution in [1.29, 1.82) is 0 Å². The van der Waals surface area contributed by atoms with Gasteiger partial charge >= 0.3 is 0 Å². The van der Waals surface area contributed by atoms with Crippen LogP contribution in [0.2, 0.25) is 18.6 Å². The Kier molecular flexibility index (Phi) is 22.3. The number of unbranched alkanes of at least 4 members (excludes halogenated alkanes) is 14. The second-order valence-corrected chi connectivity index (χ2v) is 17.0. The van der Waals surface area contributed by atoms with Crippen LogP contribution in [-0.4, -0.2) is 25.9 Å². The lowest BCUT2D eigenvalue weighted by molar-refractivity contribution is 0.581. The zero-order valence-electron chi connectivity index (χ0n) is 17.2. The van der Waals surface area contributed by atoms with E-state index in [9.17, 15) is 0 Å². The van der Waals surface area contributed by atoms with E-state index in [-0.39, 0.29) is 8.31 Å². The van der Waals surface area contributed by atoms with Crippen LogP contribution in [0.3, 0.4) is 0 Å². The Morgan fingerprint density at radius 1 is 0.500 bits per heavy atom. The highest BCUT2D eigenvalue weighted by Gasteiger charge is 2.10. The maximum absolute atomic E-state index is 2.44. The molecule has 0 N–H and O–H groups in total. The van der Waals surface area contributed by atoms with E-state index >= 15 is 0 Å². The molecule has 0 fully saturated rings. The maximum atomic E-state index is 2.44. The average Bonchev–Trinajstić information content (AvgIpc) is 2.59. The van der Waals surface area contributed by atoms with Crippen molar-refractivity contribution in [3.63, 3.8) is 0 Å². The highest BCUT2D eigenvalue weighted by Crippen LogP contribution is 2.15. The molecule has 0 rings (SSSR count). The van der Waals surface area contributed by atoms with Crippen molar-refractivity contribution >= 4 is 25.9 Å². The van der Waals surface area contributed by atoms with Gasteiger partial charge in [0.25, 0.3) is 0 Å². The predicted molar refractivity (Wildman–Crippen MR) is 118 cm³/mol. The van der Waals surface area contributed by atoms with Crippen LogP contribution in [0.1, 0.15) is 117 Å². The van der Waals surface area contributed by atoms with Crippen molar-refractivity contribution in [3.8, 4) is 0 Å². The zero-order chi connectivity index (χ0) is 17.7. The lowest BCUT2D eigenvalue weighted by atomic mass is 10.1. The van der Waals surface area contributed by atoms with Gasteiger partial charge in [0.2, 0.25) is 0 Å². The molecule has 0 saturated carbocycles. The molecule has 141 valence electrons. The Hall–Kier alpha value is 0.651. The van der Waals surface area contributed by atoms with Gasteiger partial charge in [0, 0.05) is 25.9 Å². The summed E-state index contributed by atoms with van der Waals surface area (Å²) in [6, 6.07) is 3.27. The monoisotopic (exact) mass is 381 g/mol. The van der Waals surface area contributed by atoms with E-state index in [2.05, 4.69) is 20.4 Å². The molecule has 3 heteroatoms. The summed E-state index contributed by atoms with van der Waals surface area (Å²) >= 11 is 0. The first-order valence-corrected chi connectivity index (χ1v) is 17.5. The molecule has 0 heterocycles. The molecule has 0 bridgehead atoms. The van der Waals surface area contributed by atoms with Gasteiger partial charge in [0.1, 0.15) is 0 Å². The minimum Gasteiger partial charge on any atom is -0.0761 e. The number of rotatable bonds is 20. The van der Waals surface area contributed by atoms with Gasteiger partial charge in [-0.1, -0.05) is 135 Å². The molecule has 5 radical (unpaired) electrons. The predicted octanol–water partition coefficient (Wildman–Crippen LogP) is 7.63. The Labute approximate surface area is 161 Å². The maximum Gasteiger partial charge on any atom is 0.0306 e. The molecule has 0 aromatic rings. The van der Waals surface area contributed by atoms with E-state index in [0.717, 1.165) is 0 Å². The van der Waals surface area contributed by atoms with Crippen molar-refractivity contribution in [2.75, 3.05) is 0 Å². The van der Waals surface area contributed by atoms with Crippen LogP contribution in [0, 0.1) is 0 Å². The van der Waals surface area contributed by atoms with Crippen LogP contribution < -0.4 is 0 Å². The van der Waals surface area contributed by atoms with Gasteiger partial charge in [-0.3, -0.25) is 0 Å². The summed E-state index contributed by atoms with van der Waals surface area (Å²) in [5, 5.41) is 0. The van der Waals surface area contributed by atoms with Crippen LogP contribution in [0.5, 0.6) is 0 Å². The Morgan fingerprint density at radius 2 is 0.833 bits per heavy atom. The third-order valence-corrected chi connectivity index (χ3v) is 16.2. The lowest BCUT2D eigenvalue weighted by Gasteiger charge is -2.13. The highest BCUT2D eigenvalue weighted by molar-refractivity contribution is 7.35. The van der Waals surface area contributed by atoms with Crippen molar-refractivity contribution in [3.05, 3.63) is 0 Å². The molecule has 0 saturated heterocycles. The summed E-state index contributed by atoms with van der Waals surface area (Å²) in [5.74, 6) is 0. The molecule has 0 aliphatic carbocycles. The summed E-state index contributed by atoms with van der Waals surface area (Å²) in [6.07, 6.45) is 23.7. The van der Waals surface area contributed by atoms with E-state index in [0.29, 0.717) is 0 Å². The highest BCUT2D eigenvalue weighted by atomic mass is 29.5. The Balaban J connectivity index is 3.43. The van der Waals surface area contributed by atoms with Gasteiger partial charge in [-0.15, -0.1) is 0 Å². The third-order valence-electron chi connectivity index (χ3n) is 4.97. The largest absolute Gasteiger partial charge is 0.0761 e. The first-order chi connectivity index (χ1) is 11.8. The molecule has 0 amide bonds. The molecule has 0 aliphatic rings. The fourth-order valence-corrected chi connectivity index (χ4v) is 13.9. The van der Waals surface area contributed by atoms with Crippen LogP contribution in [0.25, 0.3) is 0 Å². The number of hydrogen-bond acceptors (Lipinski definition) is 0.